The third-order valence-corrected chi connectivity index (χ3v) is 6.64. The van der Waals surface area contributed by atoms with Crippen molar-refractivity contribution in [1.29, 1.82) is 0 Å². The van der Waals surface area contributed by atoms with Crippen LogP contribution in [-0.4, -0.2) is 34.1 Å². The van der Waals surface area contributed by atoms with Crippen LogP contribution >= 0.6 is 23.4 Å². The fourth-order valence-electron chi connectivity index (χ4n) is 3.84. The highest BCUT2D eigenvalue weighted by molar-refractivity contribution is 8.00. The van der Waals surface area contributed by atoms with Gasteiger partial charge in [-0.2, -0.15) is 0 Å². The molecule has 1 saturated heterocycles. The number of methoxy groups -OCH3 is 1. The summed E-state index contributed by atoms with van der Waals surface area (Å²) < 4.78 is 5.34. The average molecular weight is 476 g/mol. The monoisotopic (exact) mass is 475 g/mol. The van der Waals surface area contributed by atoms with Crippen LogP contribution in [0.5, 0.6) is 5.75 Å². The Kier molecular flexibility index (Phi) is 5.74. The van der Waals surface area contributed by atoms with Crippen molar-refractivity contribution in [3.63, 3.8) is 0 Å². The lowest BCUT2D eigenvalue weighted by atomic mass is 10.1. The van der Waals surface area contributed by atoms with Crippen LogP contribution < -0.4 is 9.64 Å². The molecule has 164 valence electrons. The summed E-state index contributed by atoms with van der Waals surface area (Å²) in [6.07, 6.45) is 0.0598. The van der Waals surface area contributed by atoms with E-state index in [2.05, 4.69) is 4.98 Å². The molecule has 1 aliphatic heterocycles. The average Bonchev–Trinajstić information content (AvgIpc) is 3.11. The Morgan fingerprint density at radius 1 is 1.00 bits per heavy atom. The Balaban J connectivity index is 1.52. The summed E-state index contributed by atoms with van der Waals surface area (Å²) in [5.41, 5.74) is 2.80. The maximum absolute atomic E-state index is 13.2. The lowest BCUT2D eigenvalue weighted by Crippen LogP contribution is -2.31. The maximum atomic E-state index is 13.2. The Bertz CT molecular complexity index is 1380. The molecule has 8 heteroatoms. The van der Waals surface area contributed by atoms with Crippen molar-refractivity contribution >= 4 is 51.8 Å². The van der Waals surface area contributed by atoms with Gasteiger partial charge in [0.15, 0.2) is 5.16 Å². The summed E-state index contributed by atoms with van der Waals surface area (Å²) in [5, 5.41) is 1.21. The van der Waals surface area contributed by atoms with Gasteiger partial charge in [-0.1, -0.05) is 65.8 Å². The number of halogens is 1. The van der Waals surface area contributed by atoms with Gasteiger partial charge in [0.05, 0.1) is 24.0 Å². The van der Waals surface area contributed by atoms with Crippen molar-refractivity contribution < 1.29 is 14.3 Å². The van der Waals surface area contributed by atoms with Gasteiger partial charge in [0, 0.05) is 22.4 Å². The molecular weight excluding hydrogens is 458 g/mol. The van der Waals surface area contributed by atoms with E-state index in [9.17, 15) is 9.59 Å². The molecule has 1 aliphatic rings. The quantitative estimate of drug-likeness (QED) is 0.285. The smallest absolute Gasteiger partial charge is 0.248 e. The summed E-state index contributed by atoms with van der Waals surface area (Å²) in [5.74, 6) is -0.122. The number of aromatic nitrogens is 2. The van der Waals surface area contributed by atoms with E-state index in [1.807, 2.05) is 42.5 Å². The molecule has 0 bridgehead atoms. The predicted octanol–water partition coefficient (Wildman–Crippen LogP) is 5.38. The van der Waals surface area contributed by atoms with E-state index in [1.54, 1.807) is 30.3 Å². The van der Waals surface area contributed by atoms with Crippen LogP contribution in [0.3, 0.4) is 0 Å². The van der Waals surface area contributed by atoms with E-state index in [-0.39, 0.29) is 18.2 Å². The fourth-order valence-corrected chi connectivity index (χ4v) is 4.99. The number of thioether (sulfide) groups is 1. The summed E-state index contributed by atoms with van der Waals surface area (Å²) in [6.45, 7) is 0. The summed E-state index contributed by atoms with van der Waals surface area (Å²) in [4.78, 5) is 36.6. The molecule has 4 aromatic rings. The first-order chi connectivity index (χ1) is 16.0. The van der Waals surface area contributed by atoms with Gasteiger partial charge in [0.1, 0.15) is 11.0 Å². The largest absolute Gasteiger partial charge is 0.495 e. The van der Waals surface area contributed by atoms with Crippen molar-refractivity contribution in [2.45, 2.75) is 16.8 Å². The number of amides is 2. The molecule has 1 unspecified atom stereocenters. The Morgan fingerprint density at radius 2 is 1.76 bits per heavy atom. The number of para-hydroxylation sites is 2. The molecule has 33 heavy (non-hydrogen) atoms. The lowest BCUT2D eigenvalue weighted by Gasteiger charge is -2.17. The lowest BCUT2D eigenvalue weighted by molar-refractivity contribution is -0.121. The van der Waals surface area contributed by atoms with Gasteiger partial charge < -0.3 is 4.74 Å². The summed E-state index contributed by atoms with van der Waals surface area (Å²) >= 11 is 7.43. The predicted molar refractivity (Wildman–Crippen MR) is 130 cm³/mol. The third kappa shape index (κ3) is 4.05. The molecule has 3 aromatic carbocycles. The van der Waals surface area contributed by atoms with Crippen molar-refractivity contribution in [3.8, 4) is 17.0 Å². The molecule has 0 N–H and O–H groups in total. The Morgan fingerprint density at radius 3 is 2.55 bits per heavy atom. The first kappa shape index (κ1) is 21.4. The molecule has 2 heterocycles. The zero-order valence-electron chi connectivity index (χ0n) is 17.6. The van der Waals surface area contributed by atoms with Crippen LogP contribution in [-0.2, 0) is 9.59 Å². The fraction of sp³-hybridized carbons (Fsp3) is 0.120. The molecular formula is C25H18ClN3O3S. The van der Waals surface area contributed by atoms with E-state index in [0.717, 1.165) is 16.6 Å². The highest BCUT2D eigenvalue weighted by Gasteiger charge is 2.41. The summed E-state index contributed by atoms with van der Waals surface area (Å²) in [7, 11) is 1.51. The van der Waals surface area contributed by atoms with E-state index in [0.29, 0.717) is 27.1 Å². The minimum atomic E-state index is -0.629. The van der Waals surface area contributed by atoms with Crippen LogP contribution in [0.25, 0.3) is 22.2 Å². The SMILES string of the molecule is COc1ccccc1N1C(=O)CC(Sc2nc(-c3ccccc3)c3cc(Cl)ccc3n2)C1=O. The molecule has 5 rings (SSSR count). The number of anilines is 1. The molecule has 0 radical (unpaired) electrons. The standard InChI is InChI=1S/C25H18ClN3O3S/c1-32-20-10-6-5-9-19(20)29-22(30)14-21(24(29)31)33-25-27-18-12-11-16(26)13-17(18)23(28-25)15-7-3-2-4-8-15/h2-13,21H,14H2,1H3. The van der Waals surface area contributed by atoms with E-state index in [1.165, 1.54) is 23.8 Å². The van der Waals surface area contributed by atoms with Gasteiger partial charge in [0.2, 0.25) is 11.8 Å². The number of nitrogens with zero attached hydrogens (tertiary/aromatic N) is 3. The van der Waals surface area contributed by atoms with Crippen LogP contribution in [0.2, 0.25) is 5.02 Å². The van der Waals surface area contributed by atoms with Crippen molar-refractivity contribution in [2.24, 2.45) is 0 Å². The molecule has 1 atom stereocenters. The molecule has 1 fully saturated rings. The second-order valence-electron chi connectivity index (χ2n) is 7.43. The number of imide groups is 1. The minimum Gasteiger partial charge on any atom is -0.495 e. The van der Waals surface area contributed by atoms with Gasteiger partial charge in [0.25, 0.3) is 0 Å². The maximum Gasteiger partial charge on any atom is 0.248 e. The number of hydrogen-bond acceptors (Lipinski definition) is 6. The van der Waals surface area contributed by atoms with Crippen LogP contribution in [0.4, 0.5) is 5.69 Å². The van der Waals surface area contributed by atoms with Gasteiger partial charge in [-0.15, -0.1) is 0 Å². The van der Waals surface area contributed by atoms with E-state index in [4.69, 9.17) is 21.3 Å². The van der Waals surface area contributed by atoms with Crippen LogP contribution in [0.15, 0.2) is 78.0 Å². The first-order valence-corrected chi connectivity index (χ1v) is 11.5. The number of fused-ring (bicyclic) bond motifs is 1. The topological polar surface area (TPSA) is 72.4 Å². The van der Waals surface area contributed by atoms with Crippen molar-refractivity contribution in [1.82, 2.24) is 9.97 Å². The molecule has 0 spiro atoms. The first-order valence-electron chi connectivity index (χ1n) is 10.2. The van der Waals surface area contributed by atoms with Crippen molar-refractivity contribution in [3.05, 3.63) is 77.8 Å². The van der Waals surface area contributed by atoms with E-state index >= 15 is 0 Å². The highest BCUT2D eigenvalue weighted by Crippen LogP contribution is 2.38. The zero-order valence-corrected chi connectivity index (χ0v) is 19.1. The van der Waals surface area contributed by atoms with Gasteiger partial charge in [-0.05, 0) is 30.3 Å². The normalized spacial score (nSPS) is 15.9. The zero-order chi connectivity index (χ0) is 22.9. The summed E-state index contributed by atoms with van der Waals surface area (Å²) in [6, 6.07) is 22.2. The number of hydrogen-bond donors (Lipinski definition) is 0. The number of benzene rings is 3. The Labute approximate surface area is 199 Å². The van der Waals surface area contributed by atoms with Gasteiger partial charge in [-0.25, -0.2) is 14.9 Å². The third-order valence-electron chi connectivity index (χ3n) is 5.36. The number of carbonyl (C=O) groups is 2. The number of ether oxygens (including phenoxy) is 1. The molecule has 6 nitrogen and oxygen atoms in total. The number of carbonyl (C=O) groups excluding carboxylic acids is 2. The Hall–Kier alpha value is -3.42. The van der Waals surface area contributed by atoms with Crippen LogP contribution in [0, 0.1) is 0 Å². The molecule has 0 saturated carbocycles. The second-order valence-corrected chi connectivity index (χ2v) is 9.04. The van der Waals surface area contributed by atoms with Crippen molar-refractivity contribution in [2.75, 3.05) is 12.0 Å². The molecule has 0 aliphatic carbocycles. The highest BCUT2D eigenvalue weighted by atomic mass is 35.5. The van der Waals surface area contributed by atoms with Gasteiger partial charge in [-0.3, -0.25) is 9.59 Å². The second kappa shape index (κ2) is 8.84. The molecule has 2 amide bonds. The van der Waals surface area contributed by atoms with Crippen LogP contribution in [0.1, 0.15) is 6.42 Å². The van der Waals surface area contributed by atoms with E-state index < -0.39 is 5.25 Å². The molecule has 1 aromatic heterocycles. The minimum absolute atomic E-state index is 0.0598. The van der Waals surface area contributed by atoms with Gasteiger partial charge >= 0.3 is 0 Å². The number of rotatable bonds is 5.